The molecule has 0 spiro atoms. The standard InChI is InChI=1S/C18H27N3O.ClH/c22-18(16-6-2-1-3-7-16)20-17-8-11-21(12-9-17)14-15-5-4-10-19-13-15;/h1-3,6-7,15,17,19H,4-5,8-14H2,(H,20,22);1H. The van der Waals surface area contributed by atoms with Gasteiger partial charge in [-0.15, -0.1) is 12.4 Å². The molecule has 0 aromatic heterocycles. The van der Waals surface area contributed by atoms with Crippen molar-refractivity contribution in [3.8, 4) is 0 Å². The van der Waals surface area contributed by atoms with Crippen LogP contribution in [0.4, 0.5) is 0 Å². The first-order chi connectivity index (χ1) is 10.8. The summed E-state index contributed by atoms with van der Waals surface area (Å²) >= 11 is 0. The van der Waals surface area contributed by atoms with Crippen LogP contribution in [0.1, 0.15) is 36.0 Å². The molecule has 2 aliphatic rings. The molecular weight excluding hydrogens is 310 g/mol. The van der Waals surface area contributed by atoms with Gasteiger partial charge in [0.15, 0.2) is 0 Å². The molecule has 1 amide bonds. The SMILES string of the molecule is Cl.O=C(NC1CCN(CC2CCCNC2)CC1)c1ccccc1. The van der Waals surface area contributed by atoms with E-state index in [0.29, 0.717) is 6.04 Å². The van der Waals surface area contributed by atoms with E-state index in [1.165, 1.54) is 32.5 Å². The van der Waals surface area contributed by atoms with Crippen LogP contribution >= 0.6 is 12.4 Å². The van der Waals surface area contributed by atoms with Gasteiger partial charge in [-0.3, -0.25) is 4.79 Å². The zero-order valence-corrected chi connectivity index (χ0v) is 14.5. The Morgan fingerprint density at radius 3 is 2.57 bits per heavy atom. The quantitative estimate of drug-likeness (QED) is 0.886. The van der Waals surface area contributed by atoms with Crippen LogP contribution in [-0.2, 0) is 0 Å². The Bertz CT molecular complexity index is 468. The minimum atomic E-state index is 0. The largest absolute Gasteiger partial charge is 0.349 e. The molecule has 1 aromatic rings. The van der Waals surface area contributed by atoms with E-state index in [0.717, 1.165) is 37.4 Å². The van der Waals surface area contributed by atoms with Crippen LogP contribution in [0.3, 0.4) is 0 Å². The molecule has 128 valence electrons. The van der Waals surface area contributed by atoms with Gasteiger partial charge in [-0.25, -0.2) is 0 Å². The van der Waals surface area contributed by atoms with E-state index < -0.39 is 0 Å². The number of rotatable bonds is 4. The van der Waals surface area contributed by atoms with E-state index in [2.05, 4.69) is 15.5 Å². The van der Waals surface area contributed by atoms with E-state index in [1.807, 2.05) is 30.3 Å². The van der Waals surface area contributed by atoms with Crippen LogP contribution in [0.15, 0.2) is 30.3 Å². The minimum Gasteiger partial charge on any atom is -0.349 e. The number of carbonyl (C=O) groups excluding carboxylic acids is 1. The lowest BCUT2D eigenvalue weighted by molar-refractivity contribution is 0.0903. The summed E-state index contributed by atoms with van der Waals surface area (Å²) in [5.41, 5.74) is 0.762. The van der Waals surface area contributed by atoms with Crippen molar-refractivity contribution in [1.82, 2.24) is 15.5 Å². The Labute approximate surface area is 145 Å². The lowest BCUT2D eigenvalue weighted by atomic mass is 9.97. The highest BCUT2D eigenvalue weighted by Crippen LogP contribution is 2.16. The average molecular weight is 338 g/mol. The highest BCUT2D eigenvalue weighted by atomic mass is 35.5. The molecule has 2 heterocycles. The van der Waals surface area contributed by atoms with Gasteiger partial charge in [0.25, 0.3) is 5.91 Å². The molecule has 2 aliphatic heterocycles. The number of piperidine rings is 2. The van der Waals surface area contributed by atoms with Crippen molar-refractivity contribution in [2.45, 2.75) is 31.7 Å². The maximum atomic E-state index is 12.2. The van der Waals surface area contributed by atoms with Gasteiger partial charge in [-0.2, -0.15) is 0 Å². The Balaban J connectivity index is 0.00000192. The monoisotopic (exact) mass is 337 g/mol. The predicted octanol–water partition coefficient (Wildman–Crippen LogP) is 2.30. The van der Waals surface area contributed by atoms with Crippen LogP contribution in [-0.4, -0.2) is 49.6 Å². The number of benzene rings is 1. The maximum Gasteiger partial charge on any atom is 0.251 e. The number of halogens is 1. The molecule has 3 rings (SSSR count). The second kappa shape index (κ2) is 9.26. The third kappa shape index (κ3) is 5.48. The number of nitrogens with one attached hydrogen (secondary N) is 2. The smallest absolute Gasteiger partial charge is 0.251 e. The molecule has 1 aromatic carbocycles. The molecule has 2 saturated heterocycles. The summed E-state index contributed by atoms with van der Waals surface area (Å²) in [6.07, 6.45) is 4.81. The molecule has 0 saturated carbocycles. The molecule has 4 nitrogen and oxygen atoms in total. The van der Waals surface area contributed by atoms with Crippen LogP contribution in [0, 0.1) is 5.92 Å². The van der Waals surface area contributed by atoms with Crippen molar-refractivity contribution in [2.24, 2.45) is 5.92 Å². The summed E-state index contributed by atoms with van der Waals surface area (Å²) in [6.45, 7) is 5.79. The van der Waals surface area contributed by atoms with Gasteiger partial charge in [-0.05, 0) is 56.8 Å². The third-order valence-corrected chi connectivity index (χ3v) is 4.87. The summed E-state index contributed by atoms with van der Waals surface area (Å²) in [5.74, 6) is 0.875. The zero-order valence-electron chi connectivity index (χ0n) is 13.7. The van der Waals surface area contributed by atoms with E-state index in [9.17, 15) is 4.79 Å². The number of nitrogens with zero attached hydrogens (tertiary/aromatic N) is 1. The van der Waals surface area contributed by atoms with E-state index in [-0.39, 0.29) is 18.3 Å². The van der Waals surface area contributed by atoms with Gasteiger partial charge in [-0.1, -0.05) is 18.2 Å². The molecule has 2 fully saturated rings. The fourth-order valence-electron chi connectivity index (χ4n) is 3.56. The highest BCUT2D eigenvalue weighted by Gasteiger charge is 2.23. The van der Waals surface area contributed by atoms with Crippen molar-refractivity contribution < 1.29 is 4.79 Å². The van der Waals surface area contributed by atoms with Crippen molar-refractivity contribution in [2.75, 3.05) is 32.7 Å². The molecule has 0 aliphatic carbocycles. The van der Waals surface area contributed by atoms with E-state index >= 15 is 0 Å². The Morgan fingerprint density at radius 1 is 1.17 bits per heavy atom. The molecule has 0 radical (unpaired) electrons. The molecule has 1 atom stereocenters. The normalized spacial score (nSPS) is 23.0. The van der Waals surface area contributed by atoms with Gasteiger partial charge < -0.3 is 15.5 Å². The highest BCUT2D eigenvalue weighted by molar-refractivity contribution is 5.94. The summed E-state index contributed by atoms with van der Waals surface area (Å²) in [4.78, 5) is 14.8. The van der Waals surface area contributed by atoms with Gasteiger partial charge in [0.1, 0.15) is 0 Å². The summed E-state index contributed by atoms with van der Waals surface area (Å²) in [6, 6.07) is 9.84. The lowest BCUT2D eigenvalue weighted by Crippen LogP contribution is -2.47. The van der Waals surface area contributed by atoms with Gasteiger partial charge >= 0.3 is 0 Å². The van der Waals surface area contributed by atoms with Crippen molar-refractivity contribution in [1.29, 1.82) is 0 Å². The molecule has 5 heteroatoms. The lowest BCUT2D eigenvalue weighted by Gasteiger charge is -2.35. The van der Waals surface area contributed by atoms with Gasteiger partial charge in [0.2, 0.25) is 0 Å². The molecule has 2 N–H and O–H groups in total. The Morgan fingerprint density at radius 2 is 1.91 bits per heavy atom. The fourth-order valence-corrected chi connectivity index (χ4v) is 3.56. The number of hydrogen-bond acceptors (Lipinski definition) is 3. The first-order valence-corrected chi connectivity index (χ1v) is 8.60. The number of amides is 1. The predicted molar refractivity (Wildman–Crippen MR) is 96.2 cm³/mol. The van der Waals surface area contributed by atoms with Crippen molar-refractivity contribution in [3.05, 3.63) is 35.9 Å². The minimum absolute atomic E-state index is 0. The number of likely N-dealkylation sites (tertiary alicyclic amines) is 1. The molecular formula is C18H28ClN3O. The molecule has 23 heavy (non-hydrogen) atoms. The van der Waals surface area contributed by atoms with Crippen LogP contribution < -0.4 is 10.6 Å². The number of hydrogen-bond donors (Lipinski definition) is 2. The Hall–Kier alpha value is -1.10. The van der Waals surface area contributed by atoms with Gasteiger partial charge in [0, 0.05) is 31.2 Å². The summed E-state index contributed by atoms with van der Waals surface area (Å²) in [5, 5.41) is 6.68. The second-order valence-corrected chi connectivity index (χ2v) is 6.63. The second-order valence-electron chi connectivity index (χ2n) is 6.63. The van der Waals surface area contributed by atoms with E-state index in [1.54, 1.807) is 0 Å². The number of carbonyl (C=O) groups is 1. The average Bonchev–Trinajstić information content (AvgIpc) is 2.58. The topological polar surface area (TPSA) is 44.4 Å². The van der Waals surface area contributed by atoms with Crippen molar-refractivity contribution >= 4 is 18.3 Å². The third-order valence-electron chi connectivity index (χ3n) is 4.87. The summed E-state index contributed by atoms with van der Waals surface area (Å²) < 4.78 is 0. The van der Waals surface area contributed by atoms with Gasteiger partial charge in [0.05, 0.1) is 0 Å². The zero-order chi connectivity index (χ0) is 15.2. The summed E-state index contributed by atoms with van der Waals surface area (Å²) in [7, 11) is 0. The van der Waals surface area contributed by atoms with E-state index in [4.69, 9.17) is 0 Å². The molecule has 0 bridgehead atoms. The van der Waals surface area contributed by atoms with Crippen molar-refractivity contribution in [3.63, 3.8) is 0 Å². The molecule has 1 unspecified atom stereocenters. The Kier molecular flexibility index (Phi) is 7.34. The first kappa shape index (κ1) is 18.2. The van der Waals surface area contributed by atoms with Crippen LogP contribution in [0.25, 0.3) is 0 Å². The fraction of sp³-hybridized carbons (Fsp3) is 0.611. The van der Waals surface area contributed by atoms with Crippen LogP contribution in [0.2, 0.25) is 0 Å². The maximum absolute atomic E-state index is 12.2. The first-order valence-electron chi connectivity index (χ1n) is 8.60. The van der Waals surface area contributed by atoms with Crippen LogP contribution in [0.5, 0.6) is 0 Å².